The van der Waals surface area contributed by atoms with Gasteiger partial charge in [-0.3, -0.25) is 9.59 Å². The van der Waals surface area contributed by atoms with Crippen LogP contribution in [0.3, 0.4) is 0 Å². The highest BCUT2D eigenvalue weighted by Crippen LogP contribution is 1.97. The summed E-state index contributed by atoms with van der Waals surface area (Å²) in [6.07, 6.45) is 2.65. The van der Waals surface area contributed by atoms with Crippen molar-refractivity contribution in [3.63, 3.8) is 0 Å². The molecule has 84 valence electrons. The number of hydrogen-bond donors (Lipinski definition) is 1. The van der Waals surface area contributed by atoms with Gasteiger partial charge in [0.25, 0.3) is 5.91 Å². The highest BCUT2D eigenvalue weighted by molar-refractivity contribution is 5.95. The van der Waals surface area contributed by atoms with E-state index in [-0.39, 0.29) is 11.8 Å². The maximum atomic E-state index is 11.5. The fourth-order valence-electron chi connectivity index (χ4n) is 1.01. The Bertz CT molecular complexity index is 397. The van der Waals surface area contributed by atoms with E-state index < -0.39 is 0 Å². The predicted molar refractivity (Wildman–Crippen MR) is 61.7 cm³/mol. The zero-order valence-corrected chi connectivity index (χ0v) is 9.31. The predicted octanol–water partition coefficient (Wildman–Crippen LogP) is 1.02. The number of likely N-dealkylation sites (N-methyl/N-ethyl adjacent to an activating group) is 1. The van der Waals surface area contributed by atoms with Gasteiger partial charge >= 0.3 is 0 Å². The second-order valence-corrected chi connectivity index (χ2v) is 3.41. The second-order valence-electron chi connectivity index (χ2n) is 3.41. The molecule has 0 saturated carbocycles. The number of nitrogens with one attached hydrogen (secondary N) is 1. The van der Waals surface area contributed by atoms with Crippen molar-refractivity contribution in [1.82, 2.24) is 10.2 Å². The fourth-order valence-corrected chi connectivity index (χ4v) is 1.01. The molecule has 0 heterocycles. The molecule has 2 amide bonds. The highest BCUT2D eigenvalue weighted by atomic mass is 16.2. The molecule has 1 aromatic rings. The smallest absolute Gasteiger partial charge is 0.255 e. The summed E-state index contributed by atoms with van der Waals surface area (Å²) in [6, 6.07) is 8.81. The number of benzene rings is 1. The van der Waals surface area contributed by atoms with E-state index in [2.05, 4.69) is 5.32 Å². The van der Waals surface area contributed by atoms with Gasteiger partial charge in [0.15, 0.2) is 0 Å². The van der Waals surface area contributed by atoms with Crippen molar-refractivity contribution in [1.29, 1.82) is 0 Å². The van der Waals surface area contributed by atoms with Gasteiger partial charge < -0.3 is 10.2 Å². The monoisotopic (exact) mass is 218 g/mol. The first kappa shape index (κ1) is 12.0. The van der Waals surface area contributed by atoms with Crippen molar-refractivity contribution < 1.29 is 9.59 Å². The summed E-state index contributed by atoms with van der Waals surface area (Å²) in [7, 11) is 3.29. The summed E-state index contributed by atoms with van der Waals surface area (Å²) in [6.45, 7) is 0. The number of hydrogen-bond acceptors (Lipinski definition) is 2. The lowest BCUT2D eigenvalue weighted by molar-refractivity contribution is -0.123. The number of carbonyl (C=O) groups is 2. The minimum atomic E-state index is -0.233. The Kier molecular flexibility index (Phi) is 4.27. The molecule has 0 aromatic heterocycles. The van der Waals surface area contributed by atoms with Crippen molar-refractivity contribution in [2.45, 2.75) is 0 Å². The van der Waals surface area contributed by atoms with Crippen LogP contribution >= 0.6 is 0 Å². The van der Waals surface area contributed by atoms with Crippen LogP contribution in [0.1, 0.15) is 10.4 Å². The first-order valence-electron chi connectivity index (χ1n) is 4.85. The molecule has 4 heteroatoms. The maximum Gasteiger partial charge on any atom is 0.255 e. The minimum absolute atomic E-state index is 0.173. The van der Waals surface area contributed by atoms with Gasteiger partial charge in [0, 0.05) is 31.9 Å². The van der Waals surface area contributed by atoms with Crippen molar-refractivity contribution >= 4 is 11.8 Å². The van der Waals surface area contributed by atoms with E-state index >= 15 is 0 Å². The number of nitrogens with zero attached hydrogens (tertiary/aromatic N) is 1. The molecule has 1 N–H and O–H groups in total. The van der Waals surface area contributed by atoms with E-state index in [0.717, 1.165) is 0 Å². The van der Waals surface area contributed by atoms with E-state index in [0.29, 0.717) is 5.56 Å². The number of rotatable bonds is 3. The first-order valence-corrected chi connectivity index (χ1v) is 4.85. The van der Waals surface area contributed by atoms with Crippen molar-refractivity contribution in [3.05, 3.63) is 48.2 Å². The van der Waals surface area contributed by atoms with Gasteiger partial charge in [-0.1, -0.05) is 18.2 Å². The maximum absolute atomic E-state index is 11.5. The van der Waals surface area contributed by atoms with Gasteiger partial charge in [-0.05, 0) is 12.1 Å². The largest absolute Gasteiger partial charge is 0.345 e. The molecule has 0 aliphatic carbocycles. The molecule has 0 saturated heterocycles. The van der Waals surface area contributed by atoms with Crippen molar-refractivity contribution in [2.24, 2.45) is 0 Å². The number of carbonyl (C=O) groups excluding carboxylic acids is 2. The summed E-state index contributed by atoms with van der Waals surface area (Å²) < 4.78 is 0. The third-order valence-corrected chi connectivity index (χ3v) is 1.92. The van der Waals surface area contributed by atoms with Crippen molar-refractivity contribution in [2.75, 3.05) is 14.1 Å². The molecule has 0 atom stereocenters. The van der Waals surface area contributed by atoms with Crippen LogP contribution in [0.5, 0.6) is 0 Å². The summed E-state index contributed by atoms with van der Waals surface area (Å²) >= 11 is 0. The quantitative estimate of drug-likeness (QED) is 0.770. The van der Waals surface area contributed by atoms with Crippen LogP contribution in [0.2, 0.25) is 0 Å². The molecule has 0 aliphatic rings. The van der Waals surface area contributed by atoms with Crippen LogP contribution in [0.15, 0.2) is 42.6 Å². The molecule has 1 aromatic carbocycles. The van der Waals surface area contributed by atoms with Crippen LogP contribution in [0, 0.1) is 0 Å². The Hall–Kier alpha value is -2.10. The molecule has 0 bridgehead atoms. The van der Waals surface area contributed by atoms with E-state index in [1.807, 2.05) is 6.07 Å². The van der Waals surface area contributed by atoms with E-state index in [1.165, 1.54) is 17.2 Å². The lowest BCUT2D eigenvalue weighted by Gasteiger charge is -2.05. The summed E-state index contributed by atoms with van der Waals surface area (Å²) in [5, 5.41) is 2.52. The summed E-state index contributed by atoms with van der Waals surface area (Å²) in [5.41, 5.74) is 0.560. The molecule has 0 fully saturated rings. The molecule has 0 spiro atoms. The topological polar surface area (TPSA) is 49.4 Å². The molecular weight excluding hydrogens is 204 g/mol. The molecule has 0 aliphatic heterocycles. The highest BCUT2D eigenvalue weighted by Gasteiger charge is 2.01. The Labute approximate surface area is 94.6 Å². The van der Waals surface area contributed by atoms with Crippen molar-refractivity contribution in [3.8, 4) is 0 Å². The molecular formula is C12H14N2O2. The van der Waals surface area contributed by atoms with E-state index in [1.54, 1.807) is 38.4 Å². The van der Waals surface area contributed by atoms with Gasteiger partial charge in [0.2, 0.25) is 5.91 Å². The Morgan fingerprint density at radius 1 is 1.19 bits per heavy atom. The minimum Gasteiger partial charge on any atom is -0.345 e. The third kappa shape index (κ3) is 3.57. The molecule has 16 heavy (non-hydrogen) atoms. The molecule has 1 rings (SSSR count). The molecule has 0 unspecified atom stereocenters. The van der Waals surface area contributed by atoms with Crippen LogP contribution < -0.4 is 5.32 Å². The van der Waals surface area contributed by atoms with Gasteiger partial charge in [0.1, 0.15) is 0 Å². The SMILES string of the molecule is CN(C)C(=O)/C=C\NC(=O)c1ccccc1. The van der Waals surface area contributed by atoms with Gasteiger partial charge in [-0.15, -0.1) is 0 Å². The first-order chi connectivity index (χ1) is 7.61. The van der Waals surface area contributed by atoms with Crippen LogP contribution in [0.25, 0.3) is 0 Å². The van der Waals surface area contributed by atoms with Gasteiger partial charge in [-0.2, -0.15) is 0 Å². The molecule has 0 radical (unpaired) electrons. The summed E-state index contributed by atoms with van der Waals surface area (Å²) in [4.78, 5) is 24.1. The molecule has 4 nitrogen and oxygen atoms in total. The Balaban J connectivity index is 2.51. The van der Waals surface area contributed by atoms with Crippen LogP contribution in [0.4, 0.5) is 0 Å². The van der Waals surface area contributed by atoms with Gasteiger partial charge in [-0.25, -0.2) is 0 Å². The standard InChI is InChI=1S/C12H14N2O2/c1-14(2)11(15)8-9-13-12(16)10-6-4-3-5-7-10/h3-9H,1-2H3,(H,13,16)/b9-8-. The average molecular weight is 218 g/mol. The number of amides is 2. The Morgan fingerprint density at radius 2 is 1.81 bits per heavy atom. The third-order valence-electron chi connectivity index (χ3n) is 1.92. The zero-order chi connectivity index (χ0) is 12.0. The summed E-state index contributed by atoms with van der Waals surface area (Å²) in [5.74, 6) is -0.406. The normalized spacial score (nSPS) is 10.1. The lowest BCUT2D eigenvalue weighted by Crippen LogP contribution is -2.21. The van der Waals surface area contributed by atoms with E-state index in [9.17, 15) is 9.59 Å². The second kappa shape index (κ2) is 5.70. The van der Waals surface area contributed by atoms with Gasteiger partial charge in [0.05, 0.1) is 0 Å². The van der Waals surface area contributed by atoms with E-state index in [4.69, 9.17) is 0 Å². The van der Waals surface area contributed by atoms with Crippen LogP contribution in [-0.2, 0) is 4.79 Å². The average Bonchev–Trinajstić information content (AvgIpc) is 2.29. The Morgan fingerprint density at radius 3 is 2.38 bits per heavy atom. The zero-order valence-electron chi connectivity index (χ0n) is 9.31. The fraction of sp³-hybridized carbons (Fsp3) is 0.167. The lowest BCUT2D eigenvalue weighted by atomic mass is 10.2. The van der Waals surface area contributed by atoms with Crippen LogP contribution in [-0.4, -0.2) is 30.8 Å².